The third kappa shape index (κ3) is 4.69. The van der Waals surface area contributed by atoms with E-state index < -0.39 is 17.7 Å². The molecule has 1 atom stereocenters. The van der Waals surface area contributed by atoms with Crippen LogP contribution in [0.4, 0.5) is 5.95 Å². The minimum atomic E-state index is -0.868. The number of aliphatic hydroxyl groups is 1. The molecule has 200 valence electrons. The summed E-state index contributed by atoms with van der Waals surface area (Å²) in [6.45, 7) is 12.6. The summed E-state index contributed by atoms with van der Waals surface area (Å²) in [4.78, 5) is 36.3. The molecule has 3 aromatic carbocycles. The number of aliphatic hydroxyl groups excluding tert-OH is 1. The van der Waals surface area contributed by atoms with Gasteiger partial charge in [0, 0.05) is 5.56 Å². The third-order valence-electron chi connectivity index (χ3n) is 7.14. The van der Waals surface area contributed by atoms with Crippen molar-refractivity contribution in [1.82, 2.24) is 9.97 Å². The summed E-state index contributed by atoms with van der Waals surface area (Å²) in [6.07, 6.45) is 0. The van der Waals surface area contributed by atoms with E-state index in [0.29, 0.717) is 29.0 Å². The first-order valence-corrected chi connectivity index (χ1v) is 13.1. The number of H-pyrrole nitrogens is 1. The molecule has 39 heavy (non-hydrogen) atoms. The van der Waals surface area contributed by atoms with Crippen LogP contribution in [0.25, 0.3) is 16.8 Å². The Morgan fingerprint density at radius 3 is 2.38 bits per heavy atom. The second-order valence-electron chi connectivity index (χ2n) is 11.0. The molecule has 1 unspecified atom stereocenters. The number of amides is 1. The molecule has 7 heteroatoms. The van der Waals surface area contributed by atoms with Gasteiger partial charge in [-0.15, -0.1) is 0 Å². The number of aromatic amines is 1. The number of imidazole rings is 1. The molecule has 0 saturated carbocycles. The van der Waals surface area contributed by atoms with Crippen molar-refractivity contribution >= 4 is 34.4 Å². The van der Waals surface area contributed by atoms with Gasteiger partial charge in [-0.3, -0.25) is 14.5 Å². The van der Waals surface area contributed by atoms with Crippen molar-refractivity contribution in [3.05, 3.63) is 94.1 Å². The monoisotopic (exact) mass is 523 g/mol. The summed E-state index contributed by atoms with van der Waals surface area (Å²) in [5.41, 5.74) is 5.49. The van der Waals surface area contributed by atoms with Gasteiger partial charge in [-0.2, -0.15) is 0 Å². The lowest BCUT2D eigenvalue weighted by Crippen LogP contribution is -2.30. The molecule has 2 heterocycles. The van der Waals surface area contributed by atoms with Crippen LogP contribution in [0.15, 0.2) is 66.2 Å². The normalized spacial score (nSPS) is 17.3. The van der Waals surface area contributed by atoms with Crippen LogP contribution < -0.4 is 9.64 Å². The summed E-state index contributed by atoms with van der Waals surface area (Å²) in [5, 5.41) is 11.5. The summed E-state index contributed by atoms with van der Waals surface area (Å²) >= 11 is 0. The molecular weight excluding hydrogens is 490 g/mol. The SMILES string of the molecule is CCOc1ccc(/C(O)=C2\C(=O)C(=O)N(c3nc4ccc(C)cc4[nH]3)C2c2ccc(C(C)(C)C)cc2)cc1C. The Morgan fingerprint density at radius 2 is 1.74 bits per heavy atom. The zero-order chi connectivity index (χ0) is 28.1. The Kier molecular flexibility index (Phi) is 6.54. The summed E-state index contributed by atoms with van der Waals surface area (Å²) < 4.78 is 5.64. The number of aryl methyl sites for hydroxylation is 2. The molecule has 1 fully saturated rings. The molecule has 0 spiro atoms. The van der Waals surface area contributed by atoms with Crippen LogP contribution in [0.3, 0.4) is 0 Å². The lowest BCUT2D eigenvalue weighted by atomic mass is 9.85. The van der Waals surface area contributed by atoms with E-state index >= 15 is 0 Å². The highest BCUT2D eigenvalue weighted by molar-refractivity contribution is 6.51. The number of benzene rings is 3. The largest absolute Gasteiger partial charge is 0.507 e. The molecular formula is C32H33N3O4. The number of hydrogen-bond acceptors (Lipinski definition) is 5. The minimum Gasteiger partial charge on any atom is -0.507 e. The second-order valence-corrected chi connectivity index (χ2v) is 11.0. The highest BCUT2D eigenvalue weighted by Crippen LogP contribution is 2.42. The Balaban J connectivity index is 1.70. The lowest BCUT2D eigenvalue weighted by molar-refractivity contribution is -0.132. The van der Waals surface area contributed by atoms with E-state index in [9.17, 15) is 14.7 Å². The van der Waals surface area contributed by atoms with E-state index in [1.807, 2.05) is 63.2 Å². The fourth-order valence-corrected chi connectivity index (χ4v) is 5.03. The van der Waals surface area contributed by atoms with E-state index in [-0.39, 0.29) is 22.7 Å². The molecule has 1 amide bonds. The maximum atomic E-state index is 13.6. The zero-order valence-corrected chi connectivity index (χ0v) is 23.1. The van der Waals surface area contributed by atoms with Crippen LogP contribution in [0.1, 0.15) is 61.6 Å². The average Bonchev–Trinajstić information content (AvgIpc) is 3.42. The molecule has 7 nitrogen and oxygen atoms in total. The standard InChI is InChI=1S/C32H33N3O4/c1-7-39-25-15-11-21(17-19(25)3)28(36)26-27(20-9-12-22(13-10-20)32(4,5)6)35(30(38)29(26)37)31-33-23-14-8-18(2)16-24(23)34-31/h8-17,27,36H,7H2,1-6H3,(H,33,34)/b28-26+. The molecule has 1 saturated heterocycles. The van der Waals surface area contributed by atoms with Crippen molar-refractivity contribution < 1.29 is 19.4 Å². The summed E-state index contributed by atoms with van der Waals surface area (Å²) in [7, 11) is 0. The van der Waals surface area contributed by atoms with Crippen molar-refractivity contribution in [3.8, 4) is 5.75 Å². The number of anilines is 1. The Hall–Kier alpha value is -4.39. The van der Waals surface area contributed by atoms with Gasteiger partial charge in [0.05, 0.1) is 29.3 Å². The summed E-state index contributed by atoms with van der Waals surface area (Å²) in [5.74, 6) is -0.801. The third-order valence-corrected chi connectivity index (χ3v) is 7.14. The van der Waals surface area contributed by atoms with E-state index in [1.165, 1.54) is 4.90 Å². The van der Waals surface area contributed by atoms with Gasteiger partial charge in [0.2, 0.25) is 5.95 Å². The van der Waals surface area contributed by atoms with Crippen LogP contribution >= 0.6 is 0 Å². The van der Waals surface area contributed by atoms with Gasteiger partial charge in [-0.1, -0.05) is 51.1 Å². The van der Waals surface area contributed by atoms with E-state index in [0.717, 1.165) is 22.2 Å². The van der Waals surface area contributed by atoms with Gasteiger partial charge in [-0.05, 0) is 78.8 Å². The van der Waals surface area contributed by atoms with Gasteiger partial charge in [0.15, 0.2) is 0 Å². The maximum absolute atomic E-state index is 13.6. The molecule has 4 aromatic rings. The number of fused-ring (bicyclic) bond motifs is 1. The molecule has 0 bridgehead atoms. The second kappa shape index (κ2) is 9.73. The fourth-order valence-electron chi connectivity index (χ4n) is 5.03. The average molecular weight is 524 g/mol. The number of nitrogens with one attached hydrogen (secondary N) is 1. The van der Waals surface area contributed by atoms with Crippen LogP contribution in [0, 0.1) is 13.8 Å². The van der Waals surface area contributed by atoms with Gasteiger partial charge >= 0.3 is 5.91 Å². The van der Waals surface area contributed by atoms with E-state index in [1.54, 1.807) is 18.2 Å². The van der Waals surface area contributed by atoms with Crippen molar-refractivity contribution in [1.29, 1.82) is 0 Å². The van der Waals surface area contributed by atoms with E-state index in [4.69, 9.17) is 4.74 Å². The topological polar surface area (TPSA) is 95.5 Å². The fraction of sp³-hybridized carbons (Fsp3) is 0.281. The van der Waals surface area contributed by atoms with Crippen molar-refractivity contribution in [2.45, 2.75) is 53.0 Å². The number of rotatable bonds is 5. The molecule has 2 N–H and O–H groups in total. The van der Waals surface area contributed by atoms with Gasteiger partial charge < -0.3 is 14.8 Å². The first-order valence-electron chi connectivity index (χ1n) is 13.1. The smallest absolute Gasteiger partial charge is 0.302 e. The predicted molar refractivity (Wildman–Crippen MR) is 153 cm³/mol. The molecule has 0 radical (unpaired) electrons. The number of Topliss-reactive ketones (excluding diaryl/α,β-unsaturated/α-hetero) is 1. The molecule has 1 aliphatic rings. The Bertz CT molecular complexity index is 1620. The van der Waals surface area contributed by atoms with Crippen molar-refractivity contribution in [2.24, 2.45) is 0 Å². The van der Waals surface area contributed by atoms with Crippen LogP contribution in [-0.2, 0) is 15.0 Å². The lowest BCUT2D eigenvalue weighted by Gasteiger charge is -2.25. The summed E-state index contributed by atoms with van der Waals surface area (Å²) in [6, 6.07) is 17.9. The molecule has 5 rings (SSSR count). The quantitative estimate of drug-likeness (QED) is 0.177. The highest BCUT2D eigenvalue weighted by Gasteiger charge is 2.48. The van der Waals surface area contributed by atoms with Crippen LogP contribution in [0.2, 0.25) is 0 Å². The van der Waals surface area contributed by atoms with Crippen molar-refractivity contribution in [3.63, 3.8) is 0 Å². The van der Waals surface area contributed by atoms with Gasteiger partial charge in [0.25, 0.3) is 5.78 Å². The number of aromatic nitrogens is 2. The molecule has 0 aliphatic carbocycles. The first kappa shape index (κ1) is 26.2. The number of carbonyl (C=O) groups excluding carboxylic acids is 2. The van der Waals surface area contributed by atoms with Crippen LogP contribution in [-0.4, -0.2) is 33.4 Å². The zero-order valence-electron chi connectivity index (χ0n) is 23.1. The van der Waals surface area contributed by atoms with Gasteiger partial charge in [0.1, 0.15) is 11.5 Å². The van der Waals surface area contributed by atoms with Crippen LogP contribution in [0.5, 0.6) is 5.75 Å². The number of nitrogens with zero attached hydrogens (tertiary/aromatic N) is 2. The Morgan fingerprint density at radius 1 is 1.03 bits per heavy atom. The Labute approximate surface area is 228 Å². The number of ketones is 1. The molecule has 1 aliphatic heterocycles. The highest BCUT2D eigenvalue weighted by atomic mass is 16.5. The maximum Gasteiger partial charge on any atom is 0.302 e. The molecule has 1 aromatic heterocycles. The number of carbonyl (C=O) groups is 2. The van der Waals surface area contributed by atoms with Crippen molar-refractivity contribution in [2.75, 3.05) is 11.5 Å². The van der Waals surface area contributed by atoms with E-state index in [2.05, 4.69) is 30.7 Å². The van der Waals surface area contributed by atoms with Gasteiger partial charge in [-0.25, -0.2) is 4.98 Å². The number of hydrogen-bond donors (Lipinski definition) is 2. The minimum absolute atomic E-state index is 0.0173. The predicted octanol–water partition coefficient (Wildman–Crippen LogP) is 6.50. The first-order chi connectivity index (χ1) is 18.5. The number of ether oxygens (including phenoxy) is 1.